The smallest absolute Gasteiger partial charge is 0.360 e. The van der Waals surface area contributed by atoms with Gasteiger partial charge in [0.15, 0.2) is 5.69 Å². The van der Waals surface area contributed by atoms with Crippen LogP contribution < -0.4 is 0 Å². The van der Waals surface area contributed by atoms with Gasteiger partial charge < -0.3 is 4.74 Å². The SMILES string of the molecule is COC(=O)c1nn(Br)cc1Cl. The van der Waals surface area contributed by atoms with E-state index in [-0.39, 0.29) is 10.7 Å². The first-order valence-electron chi connectivity index (χ1n) is 2.64. The van der Waals surface area contributed by atoms with Crippen LogP contribution in [0.1, 0.15) is 10.5 Å². The molecule has 60 valence electrons. The minimum Gasteiger partial charge on any atom is -0.464 e. The normalized spacial score (nSPS) is 9.73. The van der Waals surface area contributed by atoms with Crippen LogP contribution in [-0.2, 0) is 4.74 Å². The van der Waals surface area contributed by atoms with Gasteiger partial charge in [-0.2, -0.15) is 5.10 Å². The van der Waals surface area contributed by atoms with Crippen LogP contribution in [0.3, 0.4) is 0 Å². The number of nitrogens with zero attached hydrogens (tertiary/aromatic N) is 2. The van der Waals surface area contributed by atoms with Gasteiger partial charge in [-0.05, 0) is 0 Å². The van der Waals surface area contributed by atoms with E-state index in [1.54, 1.807) is 0 Å². The van der Waals surface area contributed by atoms with Gasteiger partial charge in [-0.25, -0.2) is 8.50 Å². The van der Waals surface area contributed by atoms with Crippen molar-refractivity contribution >= 4 is 33.7 Å². The first-order valence-corrected chi connectivity index (χ1v) is 3.73. The molecule has 0 unspecified atom stereocenters. The molecular weight excluding hydrogens is 235 g/mol. The fraction of sp³-hybridized carbons (Fsp3) is 0.200. The lowest BCUT2D eigenvalue weighted by atomic mass is 10.4. The third-order valence-corrected chi connectivity index (χ3v) is 1.66. The zero-order chi connectivity index (χ0) is 8.43. The third-order valence-electron chi connectivity index (χ3n) is 1.02. The largest absolute Gasteiger partial charge is 0.464 e. The van der Waals surface area contributed by atoms with Gasteiger partial charge in [0.05, 0.1) is 34.5 Å². The number of hydrogen-bond acceptors (Lipinski definition) is 3. The average molecular weight is 239 g/mol. The van der Waals surface area contributed by atoms with E-state index in [2.05, 4.69) is 26.0 Å². The highest BCUT2D eigenvalue weighted by atomic mass is 79.9. The van der Waals surface area contributed by atoms with E-state index in [1.165, 1.54) is 17.0 Å². The predicted octanol–water partition coefficient (Wildman–Crippen LogP) is 1.48. The molecular formula is C5H4BrClN2O2. The van der Waals surface area contributed by atoms with Gasteiger partial charge in [-0.15, -0.1) is 0 Å². The molecule has 0 fully saturated rings. The van der Waals surface area contributed by atoms with Crippen molar-refractivity contribution in [2.45, 2.75) is 0 Å². The van der Waals surface area contributed by atoms with E-state index in [4.69, 9.17) is 11.6 Å². The fourth-order valence-electron chi connectivity index (χ4n) is 0.562. The van der Waals surface area contributed by atoms with Crippen LogP contribution in [0.15, 0.2) is 6.20 Å². The maximum Gasteiger partial charge on any atom is 0.360 e. The Morgan fingerprint density at radius 2 is 2.55 bits per heavy atom. The summed E-state index contributed by atoms with van der Waals surface area (Å²) in [5.41, 5.74) is 0.103. The number of methoxy groups -OCH3 is 1. The number of carbonyl (C=O) groups is 1. The molecule has 0 aliphatic rings. The van der Waals surface area contributed by atoms with Gasteiger partial charge in [0.25, 0.3) is 0 Å². The van der Waals surface area contributed by atoms with E-state index < -0.39 is 5.97 Å². The van der Waals surface area contributed by atoms with Gasteiger partial charge in [0, 0.05) is 0 Å². The molecule has 6 heteroatoms. The summed E-state index contributed by atoms with van der Waals surface area (Å²) in [6.07, 6.45) is 1.45. The van der Waals surface area contributed by atoms with Gasteiger partial charge in [-0.1, -0.05) is 11.6 Å². The maximum atomic E-state index is 10.8. The third kappa shape index (κ3) is 1.72. The molecule has 0 amide bonds. The Bertz CT molecular complexity index is 286. The van der Waals surface area contributed by atoms with Crippen molar-refractivity contribution in [3.63, 3.8) is 0 Å². The van der Waals surface area contributed by atoms with Gasteiger partial charge in [0.1, 0.15) is 0 Å². The van der Waals surface area contributed by atoms with E-state index in [0.29, 0.717) is 0 Å². The molecule has 1 aromatic heterocycles. The van der Waals surface area contributed by atoms with E-state index in [1.807, 2.05) is 0 Å². The highest BCUT2D eigenvalue weighted by molar-refractivity contribution is 9.08. The quantitative estimate of drug-likeness (QED) is 0.697. The molecule has 0 spiro atoms. The number of aromatic nitrogens is 2. The van der Waals surface area contributed by atoms with Crippen LogP contribution in [0.5, 0.6) is 0 Å². The van der Waals surface area contributed by atoms with Crippen molar-refractivity contribution in [1.29, 1.82) is 0 Å². The zero-order valence-corrected chi connectivity index (χ0v) is 7.89. The number of hydrogen-bond donors (Lipinski definition) is 0. The van der Waals surface area contributed by atoms with E-state index >= 15 is 0 Å². The molecule has 0 atom stereocenters. The topological polar surface area (TPSA) is 44.1 Å². The molecule has 1 rings (SSSR count). The summed E-state index contributed by atoms with van der Waals surface area (Å²) in [7, 11) is 1.27. The zero-order valence-electron chi connectivity index (χ0n) is 5.54. The van der Waals surface area contributed by atoms with Crippen molar-refractivity contribution in [1.82, 2.24) is 8.81 Å². The Morgan fingerprint density at radius 1 is 1.91 bits per heavy atom. The summed E-state index contributed by atoms with van der Waals surface area (Å²) < 4.78 is 5.68. The number of carbonyl (C=O) groups excluding carboxylic acids is 1. The molecule has 0 saturated carbocycles. The lowest BCUT2D eigenvalue weighted by Crippen LogP contribution is -2.02. The molecule has 11 heavy (non-hydrogen) atoms. The minimum atomic E-state index is -0.548. The van der Waals surface area contributed by atoms with Crippen molar-refractivity contribution in [3.8, 4) is 0 Å². The van der Waals surface area contributed by atoms with Crippen molar-refractivity contribution in [2.24, 2.45) is 0 Å². The summed E-state index contributed by atoms with van der Waals surface area (Å²) in [6.45, 7) is 0. The average Bonchev–Trinajstić information content (AvgIpc) is 2.28. The first-order chi connectivity index (χ1) is 5.15. The van der Waals surface area contributed by atoms with Gasteiger partial charge in [-0.3, -0.25) is 0 Å². The molecule has 1 heterocycles. The van der Waals surface area contributed by atoms with Crippen molar-refractivity contribution < 1.29 is 9.53 Å². The maximum absolute atomic E-state index is 10.8. The molecule has 0 bridgehead atoms. The lowest BCUT2D eigenvalue weighted by Gasteiger charge is -1.91. The Kier molecular flexibility index (Phi) is 2.51. The second-order valence-electron chi connectivity index (χ2n) is 1.71. The Hall–Kier alpha value is -0.550. The molecule has 0 radical (unpaired) electrons. The van der Waals surface area contributed by atoms with Crippen LogP contribution in [-0.4, -0.2) is 21.9 Å². The van der Waals surface area contributed by atoms with Crippen LogP contribution in [0.4, 0.5) is 0 Å². The number of halogens is 2. The number of ether oxygens (including phenoxy) is 1. The van der Waals surface area contributed by atoms with Crippen LogP contribution in [0, 0.1) is 0 Å². The lowest BCUT2D eigenvalue weighted by molar-refractivity contribution is 0.0594. The van der Waals surface area contributed by atoms with Crippen LogP contribution in [0.25, 0.3) is 0 Å². The first kappa shape index (κ1) is 8.55. The van der Waals surface area contributed by atoms with Crippen molar-refractivity contribution in [3.05, 3.63) is 16.9 Å². The molecule has 1 aromatic rings. The summed E-state index contributed by atoms with van der Waals surface area (Å²) >= 11 is 8.60. The monoisotopic (exact) mass is 238 g/mol. The highest BCUT2D eigenvalue weighted by Crippen LogP contribution is 2.15. The summed E-state index contributed by atoms with van der Waals surface area (Å²) in [6, 6.07) is 0. The Balaban J connectivity index is 3.03. The summed E-state index contributed by atoms with van der Waals surface area (Å²) in [4.78, 5) is 10.8. The van der Waals surface area contributed by atoms with E-state index in [0.717, 1.165) is 0 Å². The van der Waals surface area contributed by atoms with Crippen molar-refractivity contribution in [2.75, 3.05) is 7.11 Å². The number of esters is 1. The second-order valence-corrected chi connectivity index (χ2v) is 2.84. The molecule has 0 saturated heterocycles. The highest BCUT2D eigenvalue weighted by Gasteiger charge is 2.14. The molecule has 0 aromatic carbocycles. The van der Waals surface area contributed by atoms with Gasteiger partial charge in [0.2, 0.25) is 0 Å². The van der Waals surface area contributed by atoms with Gasteiger partial charge >= 0.3 is 5.97 Å². The molecule has 4 nitrogen and oxygen atoms in total. The van der Waals surface area contributed by atoms with E-state index in [9.17, 15) is 4.79 Å². The Morgan fingerprint density at radius 3 is 2.91 bits per heavy atom. The van der Waals surface area contributed by atoms with Crippen LogP contribution >= 0.6 is 27.7 Å². The molecule has 0 N–H and O–H groups in total. The summed E-state index contributed by atoms with van der Waals surface area (Å²) in [5, 5.41) is 3.97. The second kappa shape index (κ2) is 3.23. The minimum absolute atomic E-state index is 0.103. The molecule has 0 aliphatic heterocycles. The summed E-state index contributed by atoms with van der Waals surface area (Å²) in [5.74, 6) is -0.548. The van der Waals surface area contributed by atoms with Crippen LogP contribution in [0.2, 0.25) is 5.02 Å². The fourth-order valence-corrected chi connectivity index (χ4v) is 1.25. The standard InChI is InChI=1S/C5H4BrClN2O2/c1-11-5(10)4-3(7)2-9(6)8-4/h2H,1H3. The predicted molar refractivity (Wildman–Crippen MR) is 42.9 cm³/mol. The molecule has 0 aliphatic carbocycles. The Labute approximate surface area is 76.4 Å². The number of rotatable bonds is 1.